The van der Waals surface area contributed by atoms with Gasteiger partial charge in [0.25, 0.3) is 5.91 Å². The van der Waals surface area contributed by atoms with E-state index in [9.17, 15) is 24.3 Å². The van der Waals surface area contributed by atoms with Gasteiger partial charge in [-0.3, -0.25) is 4.79 Å². The van der Waals surface area contributed by atoms with Gasteiger partial charge in [0.2, 0.25) is 12.2 Å². The van der Waals surface area contributed by atoms with Gasteiger partial charge >= 0.3 is 17.9 Å². The zero-order chi connectivity index (χ0) is 26.2. The lowest BCUT2D eigenvalue weighted by molar-refractivity contribution is -0.157. The molecule has 2 N–H and O–H groups in total. The Hall–Kier alpha value is -4.08. The summed E-state index contributed by atoms with van der Waals surface area (Å²) in [5, 5.41) is 12.3. The number of aliphatic carboxylic acids is 1. The lowest BCUT2D eigenvalue weighted by Crippen LogP contribution is -2.48. The molecule has 2 atom stereocenters. The normalized spacial score (nSPS) is 12.1. The first-order valence-corrected chi connectivity index (χ1v) is 11.1. The molecular formula is C25H19Cl2NO8. The summed E-state index contributed by atoms with van der Waals surface area (Å²) in [6, 6.07) is 17.6. The van der Waals surface area contributed by atoms with E-state index in [0.717, 1.165) is 0 Å². The molecule has 3 aromatic carbocycles. The average Bonchev–Trinajstić information content (AvgIpc) is 2.86. The highest BCUT2D eigenvalue weighted by molar-refractivity contribution is 6.34. The minimum absolute atomic E-state index is 0.000986. The Kier molecular flexibility index (Phi) is 8.88. The van der Waals surface area contributed by atoms with Crippen LogP contribution in [0.25, 0.3) is 0 Å². The Morgan fingerprint density at radius 3 is 1.67 bits per heavy atom. The molecule has 11 heteroatoms. The van der Waals surface area contributed by atoms with Crippen LogP contribution in [0.15, 0.2) is 72.8 Å². The number of carbonyl (C=O) groups excluding carboxylic acids is 3. The second-order valence-corrected chi connectivity index (χ2v) is 7.98. The quantitative estimate of drug-likeness (QED) is 0.387. The summed E-state index contributed by atoms with van der Waals surface area (Å²) in [6.45, 7) is 0. The van der Waals surface area contributed by atoms with Crippen molar-refractivity contribution < 1.29 is 38.5 Å². The minimum Gasteiger partial charge on any atom is -0.497 e. The first-order chi connectivity index (χ1) is 17.2. The first-order valence-electron chi connectivity index (χ1n) is 10.3. The van der Waals surface area contributed by atoms with Crippen molar-refractivity contribution in [2.24, 2.45) is 0 Å². The summed E-state index contributed by atoms with van der Waals surface area (Å²) in [5.74, 6) is -4.54. The third-order valence-electron chi connectivity index (χ3n) is 4.79. The third-order valence-corrected chi connectivity index (χ3v) is 5.45. The number of benzene rings is 3. The largest absolute Gasteiger partial charge is 0.497 e. The molecule has 0 saturated carbocycles. The zero-order valence-corrected chi connectivity index (χ0v) is 20.2. The number of methoxy groups -OCH3 is 1. The fourth-order valence-electron chi connectivity index (χ4n) is 2.99. The van der Waals surface area contributed by atoms with Gasteiger partial charge in [-0.2, -0.15) is 0 Å². The van der Waals surface area contributed by atoms with Crippen molar-refractivity contribution in [2.45, 2.75) is 12.2 Å². The molecule has 0 spiro atoms. The standard InChI is InChI=1S/C25H19Cl2NO8/c1-34-15-12-10-14(11-13-15)28-22(29)20(35-24(32)16-6-2-4-8-18(16)26)21(23(30)31)36-25(33)17-7-3-5-9-19(17)27/h2-13,20-21H,1H3,(H,28,29)(H,30,31)/t20-,21+/m1/s1. The summed E-state index contributed by atoms with van der Waals surface area (Å²) in [4.78, 5) is 50.7. The van der Waals surface area contributed by atoms with Gasteiger partial charge in [0.1, 0.15) is 5.75 Å². The molecule has 186 valence electrons. The molecule has 0 unspecified atom stereocenters. The number of halogens is 2. The number of amides is 1. The van der Waals surface area contributed by atoms with Gasteiger partial charge < -0.3 is 24.6 Å². The van der Waals surface area contributed by atoms with Gasteiger partial charge in [-0.1, -0.05) is 47.5 Å². The van der Waals surface area contributed by atoms with Crippen LogP contribution in [0, 0.1) is 0 Å². The fourth-order valence-corrected chi connectivity index (χ4v) is 3.42. The molecule has 0 fully saturated rings. The van der Waals surface area contributed by atoms with Gasteiger partial charge in [-0.25, -0.2) is 14.4 Å². The maximum atomic E-state index is 13.1. The van der Waals surface area contributed by atoms with Crippen molar-refractivity contribution in [1.29, 1.82) is 0 Å². The van der Waals surface area contributed by atoms with Crippen molar-refractivity contribution in [3.63, 3.8) is 0 Å². The Morgan fingerprint density at radius 2 is 1.22 bits per heavy atom. The van der Waals surface area contributed by atoms with Crippen LogP contribution in [0.2, 0.25) is 10.0 Å². The average molecular weight is 532 g/mol. The number of anilines is 1. The summed E-state index contributed by atoms with van der Waals surface area (Å²) in [5.41, 5.74) is -0.0266. The molecule has 0 aliphatic carbocycles. The molecule has 0 aromatic heterocycles. The highest BCUT2D eigenvalue weighted by atomic mass is 35.5. The van der Waals surface area contributed by atoms with Crippen molar-refractivity contribution in [3.05, 3.63) is 94.0 Å². The predicted molar refractivity (Wildman–Crippen MR) is 131 cm³/mol. The molecule has 0 saturated heterocycles. The van der Waals surface area contributed by atoms with Crippen LogP contribution in [0.3, 0.4) is 0 Å². The smallest absolute Gasteiger partial charge is 0.349 e. The molecule has 0 heterocycles. The SMILES string of the molecule is COc1ccc(NC(=O)[C@H](OC(=O)c2ccccc2Cl)[C@H](OC(=O)c2ccccc2Cl)C(=O)O)cc1. The molecule has 0 aliphatic rings. The van der Waals surface area contributed by atoms with E-state index in [4.69, 9.17) is 37.4 Å². The topological polar surface area (TPSA) is 128 Å². The molecule has 0 bridgehead atoms. The number of hydrogen-bond acceptors (Lipinski definition) is 7. The van der Waals surface area contributed by atoms with Crippen LogP contribution < -0.4 is 10.1 Å². The van der Waals surface area contributed by atoms with Gasteiger partial charge in [0.05, 0.1) is 28.3 Å². The van der Waals surface area contributed by atoms with E-state index in [1.807, 2.05) is 0 Å². The molecule has 3 aromatic rings. The van der Waals surface area contributed by atoms with Crippen molar-refractivity contribution in [2.75, 3.05) is 12.4 Å². The number of carbonyl (C=O) groups is 4. The molecule has 0 radical (unpaired) electrons. The van der Waals surface area contributed by atoms with E-state index in [2.05, 4.69) is 5.32 Å². The molecule has 9 nitrogen and oxygen atoms in total. The summed E-state index contributed by atoms with van der Waals surface area (Å²) in [6.07, 6.45) is -4.32. The second-order valence-electron chi connectivity index (χ2n) is 7.17. The summed E-state index contributed by atoms with van der Waals surface area (Å²) >= 11 is 12.0. The van der Waals surface area contributed by atoms with E-state index in [1.165, 1.54) is 55.6 Å². The van der Waals surface area contributed by atoms with E-state index < -0.39 is 36.0 Å². The summed E-state index contributed by atoms with van der Waals surface area (Å²) < 4.78 is 15.4. The van der Waals surface area contributed by atoms with Crippen molar-refractivity contribution in [1.82, 2.24) is 0 Å². The highest BCUT2D eigenvalue weighted by Gasteiger charge is 2.41. The fraction of sp³-hybridized carbons (Fsp3) is 0.120. The van der Waals surface area contributed by atoms with Crippen LogP contribution in [0.5, 0.6) is 5.75 Å². The van der Waals surface area contributed by atoms with Crippen LogP contribution in [0.4, 0.5) is 5.69 Å². The molecule has 1 amide bonds. The van der Waals surface area contributed by atoms with Crippen LogP contribution in [-0.4, -0.2) is 48.2 Å². The first kappa shape index (κ1) is 26.5. The monoisotopic (exact) mass is 531 g/mol. The Labute approximate surface area is 215 Å². The number of carboxylic acid groups (broad SMARTS) is 1. The van der Waals surface area contributed by atoms with E-state index in [0.29, 0.717) is 5.75 Å². The third kappa shape index (κ3) is 6.53. The number of rotatable bonds is 9. The highest BCUT2D eigenvalue weighted by Crippen LogP contribution is 2.22. The van der Waals surface area contributed by atoms with Crippen LogP contribution >= 0.6 is 23.2 Å². The van der Waals surface area contributed by atoms with Crippen LogP contribution in [-0.2, 0) is 19.1 Å². The lowest BCUT2D eigenvalue weighted by atomic mass is 10.1. The number of esters is 2. The Morgan fingerprint density at radius 1 is 0.750 bits per heavy atom. The second kappa shape index (κ2) is 12.1. The molecule has 3 rings (SSSR count). The van der Waals surface area contributed by atoms with Gasteiger partial charge in [0.15, 0.2) is 0 Å². The molecule has 0 aliphatic heterocycles. The van der Waals surface area contributed by atoms with Gasteiger partial charge in [-0.05, 0) is 48.5 Å². The minimum atomic E-state index is -2.22. The molecular weight excluding hydrogens is 513 g/mol. The van der Waals surface area contributed by atoms with E-state index >= 15 is 0 Å². The maximum Gasteiger partial charge on any atom is 0.349 e. The predicted octanol–water partition coefficient (Wildman–Crippen LogP) is 4.48. The Bertz CT molecular complexity index is 1280. The van der Waals surface area contributed by atoms with Crippen molar-refractivity contribution in [3.8, 4) is 5.75 Å². The number of carboxylic acids is 1. The summed E-state index contributed by atoms with van der Waals surface area (Å²) in [7, 11) is 1.46. The maximum absolute atomic E-state index is 13.1. The number of hydrogen-bond donors (Lipinski definition) is 2. The lowest BCUT2D eigenvalue weighted by Gasteiger charge is -2.24. The zero-order valence-electron chi connectivity index (χ0n) is 18.6. The number of ether oxygens (including phenoxy) is 3. The van der Waals surface area contributed by atoms with Gasteiger partial charge in [0, 0.05) is 5.69 Å². The van der Waals surface area contributed by atoms with E-state index in [-0.39, 0.29) is 26.9 Å². The number of nitrogens with one attached hydrogen (secondary N) is 1. The van der Waals surface area contributed by atoms with Crippen molar-refractivity contribution >= 4 is 52.7 Å². The van der Waals surface area contributed by atoms with Crippen LogP contribution in [0.1, 0.15) is 20.7 Å². The van der Waals surface area contributed by atoms with E-state index in [1.54, 1.807) is 24.3 Å². The van der Waals surface area contributed by atoms with Gasteiger partial charge in [-0.15, -0.1) is 0 Å². The molecule has 36 heavy (non-hydrogen) atoms. The Balaban J connectivity index is 1.93.